The summed E-state index contributed by atoms with van der Waals surface area (Å²) in [6, 6.07) is 2.02. The van der Waals surface area contributed by atoms with E-state index in [1.54, 1.807) is 0 Å². The number of anilines is 3. The molecule has 8 nitrogen and oxygen atoms in total. The molecule has 0 aromatic carbocycles. The van der Waals surface area contributed by atoms with Crippen molar-refractivity contribution in [1.82, 2.24) is 25.1 Å². The SMILES string of the molecule is CC1(C)CC[C@H](c2cc(Nc3nc(N4CCC[C@@H]4C(=O)N4CCCCC4)nc4c3CCC4)n[nH]2)C1. The Morgan fingerprint density at radius 1 is 1.06 bits per heavy atom. The van der Waals surface area contributed by atoms with Gasteiger partial charge in [-0.2, -0.15) is 10.1 Å². The summed E-state index contributed by atoms with van der Waals surface area (Å²) in [5.41, 5.74) is 3.96. The monoisotopic (exact) mass is 477 g/mol. The van der Waals surface area contributed by atoms with Crippen molar-refractivity contribution in [1.29, 1.82) is 0 Å². The van der Waals surface area contributed by atoms with Gasteiger partial charge < -0.3 is 15.1 Å². The Bertz CT molecular complexity index is 1090. The first-order chi connectivity index (χ1) is 17.0. The molecule has 2 saturated heterocycles. The summed E-state index contributed by atoms with van der Waals surface area (Å²) >= 11 is 0. The van der Waals surface area contributed by atoms with E-state index in [-0.39, 0.29) is 11.9 Å². The highest BCUT2D eigenvalue weighted by molar-refractivity contribution is 5.85. The number of nitrogens with zero attached hydrogens (tertiary/aromatic N) is 5. The number of fused-ring (bicyclic) bond motifs is 1. The lowest BCUT2D eigenvalue weighted by Crippen LogP contribution is -2.48. The van der Waals surface area contributed by atoms with Crippen LogP contribution < -0.4 is 10.2 Å². The highest BCUT2D eigenvalue weighted by Gasteiger charge is 2.37. The normalized spacial score (nSPS) is 25.8. The fourth-order valence-electron chi connectivity index (χ4n) is 6.67. The van der Waals surface area contributed by atoms with Crippen molar-refractivity contribution >= 4 is 23.5 Å². The van der Waals surface area contributed by atoms with Crippen molar-refractivity contribution in [2.24, 2.45) is 5.41 Å². The van der Waals surface area contributed by atoms with Gasteiger partial charge in [-0.15, -0.1) is 0 Å². The molecule has 35 heavy (non-hydrogen) atoms. The average molecular weight is 478 g/mol. The molecule has 0 spiro atoms. The van der Waals surface area contributed by atoms with E-state index in [2.05, 4.69) is 45.2 Å². The van der Waals surface area contributed by atoms with Gasteiger partial charge in [-0.25, -0.2) is 4.98 Å². The first-order valence-corrected chi connectivity index (χ1v) is 13.7. The number of aromatic amines is 1. The van der Waals surface area contributed by atoms with Crippen molar-refractivity contribution in [3.63, 3.8) is 0 Å². The number of nitrogens with one attached hydrogen (secondary N) is 2. The minimum Gasteiger partial charge on any atom is -0.341 e. The molecule has 4 heterocycles. The molecule has 2 aliphatic heterocycles. The van der Waals surface area contributed by atoms with E-state index in [1.807, 2.05) is 0 Å². The summed E-state index contributed by atoms with van der Waals surface area (Å²) in [7, 11) is 0. The van der Waals surface area contributed by atoms with E-state index in [4.69, 9.17) is 9.97 Å². The van der Waals surface area contributed by atoms with Crippen LogP contribution in [-0.2, 0) is 17.6 Å². The molecule has 0 radical (unpaired) electrons. The fourth-order valence-corrected chi connectivity index (χ4v) is 6.67. The molecular formula is C27H39N7O. The second kappa shape index (κ2) is 9.10. The van der Waals surface area contributed by atoms with Crippen LogP contribution in [0.2, 0.25) is 0 Å². The molecule has 2 N–H and O–H groups in total. The third-order valence-corrected chi connectivity index (χ3v) is 8.64. The average Bonchev–Trinajstić information content (AvgIpc) is 3.65. The molecule has 4 aliphatic rings. The number of H-pyrrole nitrogens is 1. The maximum atomic E-state index is 13.4. The van der Waals surface area contributed by atoms with Crippen molar-refractivity contribution < 1.29 is 4.79 Å². The topological polar surface area (TPSA) is 90.0 Å². The van der Waals surface area contributed by atoms with E-state index < -0.39 is 0 Å². The van der Waals surface area contributed by atoms with Crippen LogP contribution in [0.4, 0.5) is 17.6 Å². The molecular weight excluding hydrogens is 438 g/mol. The van der Waals surface area contributed by atoms with Crippen LogP contribution in [0.3, 0.4) is 0 Å². The maximum Gasteiger partial charge on any atom is 0.245 e. The Morgan fingerprint density at radius 3 is 2.71 bits per heavy atom. The van der Waals surface area contributed by atoms with Gasteiger partial charge in [0.2, 0.25) is 11.9 Å². The smallest absolute Gasteiger partial charge is 0.245 e. The van der Waals surface area contributed by atoms with Crippen LogP contribution in [0.25, 0.3) is 0 Å². The van der Waals surface area contributed by atoms with Crippen LogP contribution in [0, 0.1) is 5.41 Å². The number of amides is 1. The molecule has 2 aromatic rings. The molecule has 2 aliphatic carbocycles. The number of carbonyl (C=O) groups excluding carboxylic acids is 1. The van der Waals surface area contributed by atoms with E-state index in [1.165, 1.54) is 36.9 Å². The van der Waals surface area contributed by atoms with E-state index in [0.29, 0.717) is 17.3 Å². The van der Waals surface area contributed by atoms with Gasteiger partial charge in [-0.3, -0.25) is 9.89 Å². The summed E-state index contributed by atoms with van der Waals surface area (Å²) in [4.78, 5) is 27.6. The molecule has 6 rings (SSSR count). The number of piperidine rings is 1. The highest BCUT2D eigenvalue weighted by atomic mass is 16.2. The van der Waals surface area contributed by atoms with Crippen molar-refractivity contribution in [2.75, 3.05) is 29.9 Å². The van der Waals surface area contributed by atoms with Crippen LogP contribution >= 0.6 is 0 Å². The number of hydrogen-bond acceptors (Lipinski definition) is 6. The predicted molar refractivity (Wildman–Crippen MR) is 137 cm³/mol. The lowest BCUT2D eigenvalue weighted by Gasteiger charge is -2.32. The van der Waals surface area contributed by atoms with Crippen molar-refractivity contribution in [2.45, 2.75) is 96.4 Å². The Balaban J connectivity index is 1.24. The zero-order valence-corrected chi connectivity index (χ0v) is 21.3. The van der Waals surface area contributed by atoms with Crippen LogP contribution in [0.15, 0.2) is 6.07 Å². The third-order valence-electron chi connectivity index (χ3n) is 8.64. The zero-order valence-electron chi connectivity index (χ0n) is 21.3. The summed E-state index contributed by atoms with van der Waals surface area (Å²) in [5.74, 6) is 3.20. The molecule has 0 unspecified atom stereocenters. The minimum absolute atomic E-state index is 0.136. The standard InChI is InChI=1S/C27H39N7O/c1-27(2)12-11-18(17-27)21-16-23(32-31-21)29-24-19-8-6-9-20(19)28-26(30-24)34-15-7-10-22(34)25(35)33-13-4-3-5-14-33/h16,18,22H,3-15,17H2,1-2H3,(H2,28,29,30,31,32)/t18-,22+/m0/s1. The van der Waals surface area contributed by atoms with Gasteiger partial charge in [0.05, 0.1) is 5.69 Å². The predicted octanol–water partition coefficient (Wildman–Crippen LogP) is 4.71. The number of aromatic nitrogens is 4. The Hall–Kier alpha value is -2.64. The minimum atomic E-state index is -0.136. The zero-order chi connectivity index (χ0) is 24.0. The molecule has 1 saturated carbocycles. The third kappa shape index (κ3) is 4.52. The molecule has 1 amide bonds. The van der Waals surface area contributed by atoms with Gasteiger partial charge in [0.1, 0.15) is 11.9 Å². The molecule has 8 heteroatoms. The van der Waals surface area contributed by atoms with Gasteiger partial charge in [0.15, 0.2) is 5.82 Å². The number of carbonyl (C=O) groups is 1. The molecule has 2 aromatic heterocycles. The molecule has 2 atom stereocenters. The first-order valence-electron chi connectivity index (χ1n) is 13.7. The first kappa shape index (κ1) is 22.8. The number of rotatable bonds is 5. The van der Waals surface area contributed by atoms with Crippen molar-refractivity contribution in [3.8, 4) is 0 Å². The van der Waals surface area contributed by atoms with Gasteiger partial charge in [0, 0.05) is 42.9 Å². The highest BCUT2D eigenvalue weighted by Crippen LogP contribution is 2.45. The second-order valence-electron chi connectivity index (χ2n) is 11.8. The van der Waals surface area contributed by atoms with E-state index in [9.17, 15) is 4.79 Å². The maximum absolute atomic E-state index is 13.4. The summed E-state index contributed by atoms with van der Waals surface area (Å²) in [6.07, 6.45) is 12.1. The summed E-state index contributed by atoms with van der Waals surface area (Å²) in [6.45, 7) is 7.33. The number of likely N-dealkylation sites (tertiary alicyclic amines) is 1. The summed E-state index contributed by atoms with van der Waals surface area (Å²) in [5, 5.41) is 11.4. The lowest BCUT2D eigenvalue weighted by molar-refractivity contribution is -0.133. The van der Waals surface area contributed by atoms with Crippen LogP contribution in [0.1, 0.15) is 94.5 Å². The second-order valence-corrected chi connectivity index (χ2v) is 11.8. The fraction of sp³-hybridized carbons (Fsp3) is 0.704. The Morgan fingerprint density at radius 2 is 1.91 bits per heavy atom. The van der Waals surface area contributed by atoms with Crippen molar-refractivity contribution in [3.05, 3.63) is 23.0 Å². The Labute approximate surface area is 208 Å². The molecule has 188 valence electrons. The number of aryl methyl sites for hydroxylation is 1. The van der Waals surface area contributed by atoms with Crippen LogP contribution in [-0.4, -0.2) is 56.6 Å². The summed E-state index contributed by atoms with van der Waals surface area (Å²) < 4.78 is 0. The Kier molecular flexibility index (Phi) is 5.93. The lowest BCUT2D eigenvalue weighted by atomic mass is 9.90. The van der Waals surface area contributed by atoms with Crippen LogP contribution in [0.5, 0.6) is 0 Å². The molecule has 3 fully saturated rings. The van der Waals surface area contributed by atoms with E-state index in [0.717, 1.165) is 81.9 Å². The van der Waals surface area contributed by atoms with Gasteiger partial charge in [-0.05, 0) is 76.0 Å². The van der Waals surface area contributed by atoms with Gasteiger partial charge >= 0.3 is 0 Å². The molecule has 0 bridgehead atoms. The van der Waals surface area contributed by atoms with E-state index >= 15 is 0 Å². The van der Waals surface area contributed by atoms with Gasteiger partial charge in [-0.1, -0.05) is 13.8 Å². The largest absolute Gasteiger partial charge is 0.341 e. The quantitative estimate of drug-likeness (QED) is 0.648. The number of hydrogen-bond donors (Lipinski definition) is 2. The van der Waals surface area contributed by atoms with Gasteiger partial charge in [0.25, 0.3) is 0 Å².